The molecule has 1 aromatic rings. The Labute approximate surface area is 116 Å². The van der Waals surface area contributed by atoms with Gasteiger partial charge in [-0.15, -0.1) is 0 Å². The van der Waals surface area contributed by atoms with Crippen molar-refractivity contribution < 1.29 is 14.0 Å². The number of carbonyl (C=O) groups is 2. The average molecular weight is 277 g/mol. The van der Waals surface area contributed by atoms with Crippen LogP contribution in [0.5, 0.6) is 0 Å². The summed E-state index contributed by atoms with van der Waals surface area (Å²) in [4.78, 5) is 31.0. The normalized spacial score (nSPS) is 19.1. The fraction of sp³-hybridized carbons (Fsp3) is 0.500. The maximum atomic E-state index is 13.5. The fourth-order valence-electron chi connectivity index (χ4n) is 2.43. The van der Waals surface area contributed by atoms with Gasteiger partial charge in [-0.1, -0.05) is 0 Å². The molecule has 0 atom stereocenters. The average Bonchev–Trinajstić information content (AvgIpc) is 3.31. The van der Waals surface area contributed by atoms with Gasteiger partial charge in [0, 0.05) is 38.3 Å². The summed E-state index contributed by atoms with van der Waals surface area (Å²) in [6, 6.07) is 2.98. The van der Waals surface area contributed by atoms with Gasteiger partial charge >= 0.3 is 0 Å². The highest BCUT2D eigenvalue weighted by Crippen LogP contribution is 2.31. The van der Waals surface area contributed by atoms with Gasteiger partial charge in [0.25, 0.3) is 5.91 Å². The van der Waals surface area contributed by atoms with E-state index in [1.165, 1.54) is 12.3 Å². The number of amides is 2. The summed E-state index contributed by atoms with van der Waals surface area (Å²) in [5.41, 5.74) is -0.00512. The predicted molar refractivity (Wildman–Crippen MR) is 69.4 cm³/mol. The molecule has 1 aliphatic heterocycles. The number of carbonyl (C=O) groups excluding carboxylic acids is 2. The minimum atomic E-state index is -0.742. The molecule has 6 heteroatoms. The highest BCUT2D eigenvalue weighted by molar-refractivity contribution is 5.94. The van der Waals surface area contributed by atoms with Crippen LogP contribution in [-0.2, 0) is 4.79 Å². The highest BCUT2D eigenvalue weighted by atomic mass is 19.1. The summed E-state index contributed by atoms with van der Waals surface area (Å²) in [5, 5.41) is 0. The Balaban J connectivity index is 1.61. The minimum Gasteiger partial charge on any atom is -0.339 e. The Morgan fingerprint density at radius 3 is 2.40 bits per heavy atom. The summed E-state index contributed by atoms with van der Waals surface area (Å²) < 4.78 is 13.5. The molecule has 2 amide bonds. The van der Waals surface area contributed by atoms with Crippen molar-refractivity contribution in [2.45, 2.75) is 12.8 Å². The third-order valence-corrected chi connectivity index (χ3v) is 3.79. The van der Waals surface area contributed by atoms with E-state index in [0.29, 0.717) is 26.2 Å². The molecule has 2 heterocycles. The largest absolute Gasteiger partial charge is 0.339 e. The van der Waals surface area contributed by atoms with Gasteiger partial charge in [-0.05, 0) is 25.0 Å². The minimum absolute atomic E-state index is 0.00512. The van der Waals surface area contributed by atoms with Crippen molar-refractivity contribution in [3.05, 3.63) is 29.8 Å². The first kappa shape index (κ1) is 13.0. The molecule has 1 aliphatic carbocycles. The van der Waals surface area contributed by atoms with Crippen molar-refractivity contribution in [3.8, 4) is 0 Å². The Hall–Kier alpha value is -1.98. The molecule has 2 fully saturated rings. The lowest BCUT2D eigenvalue weighted by Gasteiger charge is -2.34. The standard InChI is InChI=1S/C14H16FN3O2/c15-12-11(2-1-5-16-12)14(20)18-8-6-17(7-9-18)13(19)10-3-4-10/h1-2,5,10H,3-4,6-9H2. The van der Waals surface area contributed by atoms with Crippen molar-refractivity contribution in [2.24, 2.45) is 5.92 Å². The zero-order chi connectivity index (χ0) is 14.1. The summed E-state index contributed by atoms with van der Waals surface area (Å²) >= 11 is 0. The molecule has 2 aliphatic rings. The monoisotopic (exact) mass is 277 g/mol. The summed E-state index contributed by atoms with van der Waals surface area (Å²) in [5.74, 6) is -0.694. The van der Waals surface area contributed by atoms with E-state index in [-0.39, 0.29) is 23.3 Å². The van der Waals surface area contributed by atoms with Crippen LogP contribution in [0.2, 0.25) is 0 Å². The van der Waals surface area contributed by atoms with E-state index in [9.17, 15) is 14.0 Å². The SMILES string of the molecule is O=C(c1cccnc1F)N1CCN(C(=O)C2CC2)CC1. The molecule has 1 aromatic heterocycles. The molecule has 106 valence electrons. The zero-order valence-corrected chi connectivity index (χ0v) is 11.1. The van der Waals surface area contributed by atoms with E-state index < -0.39 is 5.95 Å². The van der Waals surface area contributed by atoms with Crippen LogP contribution in [0.15, 0.2) is 18.3 Å². The topological polar surface area (TPSA) is 53.5 Å². The maximum Gasteiger partial charge on any atom is 0.258 e. The smallest absolute Gasteiger partial charge is 0.258 e. The molecule has 0 unspecified atom stereocenters. The Morgan fingerprint density at radius 2 is 1.80 bits per heavy atom. The molecule has 3 rings (SSSR count). The summed E-state index contributed by atoms with van der Waals surface area (Å²) in [6.45, 7) is 1.96. The van der Waals surface area contributed by atoms with Crippen LogP contribution in [0.3, 0.4) is 0 Å². The van der Waals surface area contributed by atoms with Gasteiger partial charge < -0.3 is 9.80 Å². The zero-order valence-electron chi connectivity index (χ0n) is 11.1. The van der Waals surface area contributed by atoms with E-state index in [0.717, 1.165) is 12.8 Å². The quantitative estimate of drug-likeness (QED) is 0.755. The van der Waals surface area contributed by atoms with Gasteiger partial charge in [0.05, 0.1) is 5.56 Å². The number of pyridine rings is 1. The molecule has 0 N–H and O–H groups in total. The molecule has 0 bridgehead atoms. The molecule has 1 saturated heterocycles. The van der Waals surface area contributed by atoms with Gasteiger partial charge in [-0.25, -0.2) is 4.98 Å². The number of halogens is 1. The molecule has 0 radical (unpaired) electrons. The Bertz CT molecular complexity index is 537. The number of nitrogens with zero attached hydrogens (tertiary/aromatic N) is 3. The lowest BCUT2D eigenvalue weighted by molar-refractivity contribution is -0.134. The van der Waals surface area contributed by atoms with Crippen LogP contribution in [0, 0.1) is 11.9 Å². The van der Waals surface area contributed by atoms with Gasteiger partial charge in [-0.3, -0.25) is 9.59 Å². The van der Waals surface area contributed by atoms with Crippen LogP contribution in [0.4, 0.5) is 4.39 Å². The predicted octanol–water partition coefficient (Wildman–Crippen LogP) is 0.915. The van der Waals surface area contributed by atoms with Gasteiger partial charge in [0.1, 0.15) is 0 Å². The second kappa shape index (κ2) is 5.19. The van der Waals surface area contributed by atoms with Crippen molar-refractivity contribution in [2.75, 3.05) is 26.2 Å². The number of hydrogen-bond acceptors (Lipinski definition) is 3. The van der Waals surface area contributed by atoms with Crippen molar-refractivity contribution >= 4 is 11.8 Å². The number of aromatic nitrogens is 1. The third-order valence-electron chi connectivity index (χ3n) is 3.79. The van der Waals surface area contributed by atoms with Crippen LogP contribution in [0.25, 0.3) is 0 Å². The molecule has 0 spiro atoms. The Morgan fingerprint density at radius 1 is 1.15 bits per heavy atom. The molecule has 1 saturated carbocycles. The molecule has 5 nitrogen and oxygen atoms in total. The van der Waals surface area contributed by atoms with E-state index in [1.54, 1.807) is 15.9 Å². The van der Waals surface area contributed by atoms with E-state index in [4.69, 9.17) is 0 Å². The number of hydrogen-bond donors (Lipinski definition) is 0. The lowest BCUT2D eigenvalue weighted by Crippen LogP contribution is -2.51. The van der Waals surface area contributed by atoms with Gasteiger partial charge in [0.15, 0.2) is 0 Å². The summed E-state index contributed by atoms with van der Waals surface area (Å²) in [7, 11) is 0. The van der Waals surface area contributed by atoms with Crippen molar-refractivity contribution in [1.82, 2.24) is 14.8 Å². The maximum absolute atomic E-state index is 13.5. The first-order chi connectivity index (χ1) is 9.66. The summed E-state index contributed by atoms with van der Waals surface area (Å²) in [6.07, 6.45) is 3.29. The first-order valence-electron chi connectivity index (χ1n) is 6.85. The van der Waals surface area contributed by atoms with E-state index in [1.807, 2.05) is 0 Å². The van der Waals surface area contributed by atoms with Crippen LogP contribution in [-0.4, -0.2) is 52.8 Å². The third kappa shape index (κ3) is 2.50. The second-order valence-corrected chi connectivity index (χ2v) is 5.23. The Kier molecular flexibility index (Phi) is 3.38. The number of piperazine rings is 1. The van der Waals surface area contributed by atoms with E-state index in [2.05, 4.69) is 4.98 Å². The molecular weight excluding hydrogens is 261 g/mol. The fourth-order valence-corrected chi connectivity index (χ4v) is 2.43. The van der Waals surface area contributed by atoms with E-state index >= 15 is 0 Å². The highest BCUT2D eigenvalue weighted by Gasteiger charge is 2.35. The molecule has 0 aromatic carbocycles. The van der Waals surface area contributed by atoms with Crippen molar-refractivity contribution in [3.63, 3.8) is 0 Å². The molecule has 20 heavy (non-hydrogen) atoms. The van der Waals surface area contributed by atoms with Gasteiger partial charge in [-0.2, -0.15) is 4.39 Å². The van der Waals surface area contributed by atoms with Crippen molar-refractivity contribution in [1.29, 1.82) is 0 Å². The number of rotatable bonds is 2. The lowest BCUT2D eigenvalue weighted by atomic mass is 10.2. The second-order valence-electron chi connectivity index (χ2n) is 5.23. The first-order valence-corrected chi connectivity index (χ1v) is 6.85. The van der Waals surface area contributed by atoms with Crippen LogP contribution < -0.4 is 0 Å². The van der Waals surface area contributed by atoms with Crippen LogP contribution in [0.1, 0.15) is 23.2 Å². The molecular formula is C14H16FN3O2. The van der Waals surface area contributed by atoms with Crippen LogP contribution >= 0.6 is 0 Å². The van der Waals surface area contributed by atoms with Gasteiger partial charge in [0.2, 0.25) is 11.9 Å².